The Morgan fingerprint density at radius 3 is 2.85 bits per heavy atom. The highest BCUT2D eigenvalue weighted by molar-refractivity contribution is 5.81. The first-order chi connectivity index (χ1) is 9.74. The van der Waals surface area contributed by atoms with Crippen LogP contribution in [0, 0.1) is 0 Å². The molecule has 0 N–H and O–H groups in total. The molecule has 0 aliphatic rings. The summed E-state index contributed by atoms with van der Waals surface area (Å²) in [7, 11) is 0. The van der Waals surface area contributed by atoms with E-state index in [4.69, 9.17) is 4.74 Å². The second kappa shape index (κ2) is 5.33. The molecule has 0 bridgehead atoms. The number of hydrogen-bond acceptors (Lipinski definition) is 3. The Kier molecular flexibility index (Phi) is 3.37. The maximum absolute atomic E-state index is 5.82. The molecule has 1 aromatic carbocycles. The number of benzene rings is 1. The third-order valence-corrected chi connectivity index (χ3v) is 3.24. The van der Waals surface area contributed by atoms with Gasteiger partial charge in [-0.1, -0.05) is 18.2 Å². The summed E-state index contributed by atoms with van der Waals surface area (Å²) in [5.41, 5.74) is 2.12. The summed E-state index contributed by atoms with van der Waals surface area (Å²) in [6.45, 7) is 4.70. The molecule has 4 nitrogen and oxygen atoms in total. The molecule has 0 amide bonds. The Balaban J connectivity index is 1.79. The lowest BCUT2D eigenvalue weighted by Crippen LogP contribution is -2.00. The minimum absolute atomic E-state index is 0.342. The first-order valence-corrected chi connectivity index (χ1v) is 6.73. The molecule has 0 fully saturated rings. The van der Waals surface area contributed by atoms with Crippen LogP contribution in [0.2, 0.25) is 0 Å². The van der Waals surface area contributed by atoms with Crippen LogP contribution in [0.3, 0.4) is 0 Å². The van der Waals surface area contributed by atoms with Gasteiger partial charge in [-0.05, 0) is 26.0 Å². The molecule has 0 aliphatic carbocycles. The normalized spacial score (nSPS) is 11.2. The first-order valence-electron chi connectivity index (χ1n) is 6.73. The van der Waals surface area contributed by atoms with E-state index in [1.807, 2.05) is 41.3 Å². The standard InChI is InChI=1S/C16H17N3O/c1-12(2)19-10-14(9-18-19)20-11-13-7-8-17-16-6-4-3-5-15(13)16/h3-10,12H,11H2,1-2H3. The molecule has 0 saturated heterocycles. The lowest BCUT2D eigenvalue weighted by atomic mass is 10.1. The highest BCUT2D eigenvalue weighted by Crippen LogP contribution is 2.19. The average molecular weight is 267 g/mol. The Morgan fingerprint density at radius 2 is 2.05 bits per heavy atom. The monoisotopic (exact) mass is 267 g/mol. The third kappa shape index (κ3) is 2.50. The van der Waals surface area contributed by atoms with Crippen molar-refractivity contribution in [2.45, 2.75) is 26.5 Å². The number of ether oxygens (including phenoxy) is 1. The molecular weight excluding hydrogens is 250 g/mol. The van der Waals surface area contributed by atoms with Gasteiger partial charge in [0.2, 0.25) is 0 Å². The van der Waals surface area contributed by atoms with Gasteiger partial charge in [0.15, 0.2) is 5.75 Å². The summed E-state index contributed by atoms with van der Waals surface area (Å²) < 4.78 is 7.71. The van der Waals surface area contributed by atoms with Crippen molar-refractivity contribution in [3.05, 3.63) is 54.5 Å². The topological polar surface area (TPSA) is 39.9 Å². The zero-order chi connectivity index (χ0) is 13.9. The van der Waals surface area contributed by atoms with Crippen LogP contribution in [0.15, 0.2) is 48.9 Å². The molecule has 4 heteroatoms. The largest absolute Gasteiger partial charge is 0.486 e. The molecule has 3 rings (SSSR count). The number of hydrogen-bond donors (Lipinski definition) is 0. The quantitative estimate of drug-likeness (QED) is 0.725. The molecule has 2 aromatic heterocycles. The van der Waals surface area contributed by atoms with Crippen molar-refractivity contribution in [2.24, 2.45) is 0 Å². The maximum atomic E-state index is 5.82. The highest BCUT2D eigenvalue weighted by atomic mass is 16.5. The minimum atomic E-state index is 0.342. The SMILES string of the molecule is CC(C)n1cc(OCc2ccnc3ccccc23)cn1. The molecule has 0 aliphatic heterocycles. The van der Waals surface area contributed by atoms with Crippen LogP contribution in [-0.4, -0.2) is 14.8 Å². The fourth-order valence-electron chi connectivity index (χ4n) is 2.12. The van der Waals surface area contributed by atoms with Crippen LogP contribution < -0.4 is 4.74 Å². The molecular formula is C16H17N3O. The van der Waals surface area contributed by atoms with E-state index in [0.717, 1.165) is 22.2 Å². The van der Waals surface area contributed by atoms with Gasteiger partial charge in [0.25, 0.3) is 0 Å². The molecule has 0 saturated carbocycles. The van der Waals surface area contributed by atoms with Crippen LogP contribution >= 0.6 is 0 Å². The van der Waals surface area contributed by atoms with Crippen molar-refractivity contribution >= 4 is 10.9 Å². The second-order valence-electron chi connectivity index (χ2n) is 5.03. The lowest BCUT2D eigenvalue weighted by molar-refractivity contribution is 0.307. The van der Waals surface area contributed by atoms with Gasteiger partial charge in [-0.2, -0.15) is 5.10 Å². The Hall–Kier alpha value is -2.36. The van der Waals surface area contributed by atoms with E-state index in [-0.39, 0.29) is 0 Å². The number of nitrogens with zero attached hydrogens (tertiary/aromatic N) is 3. The van der Waals surface area contributed by atoms with Crippen LogP contribution in [0.25, 0.3) is 10.9 Å². The smallest absolute Gasteiger partial charge is 0.157 e. The van der Waals surface area contributed by atoms with Gasteiger partial charge in [-0.15, -0.1) is 0 Å². The molecule has 0 spiro atoms. The fraction of sp³-hybridized carbons (Fsp3) is 0.250. The van der Waals surface area contributed by atoms with Crippen molar-refractivity contribution in [1.82, 2.24) is 14.8 Å². The van der Waals surface area contributed by atoms with Crippen LogP contribution in [0.1, 0.15) is 25.5 Å². The van der Waals surface area contributed by atoms with E-state index in [1.165, 1.54) is 0 Å². The van der Waals surface area contributed by atoms with Crippen molar-refractivity contribution in [3.63, 3.8) is 0 Å². The van der Waals surface area contributed by atoms with Crippen molar-refractivity contribution in [3.8, 4) is 5.75 Å². The molecule has 3 aromatic rings. The average Bonchev–Trinajstić information content (AvgIpc) is 2.94. The summed E-state index contributed by atoms with van der Waals surface area (Å²) in [6.07, 6.45) is 5.50. The van der Waals surface area contributed by atoms with Crippen molar-refractivity contribution < 1.29 is 4.74 Å². The number of pyridine rings is 1. The number of rotatable bonds is 4. The summed E-state index contributed by atoms with van der Waals surface area (Å²) in [5.74, 6) is 0.791. The van der Waals surface area contributed by atoms with Gasteiger partial charge in [-0.3, -0.25) is 9.67 Å². The van der Waals surface area contributed by atoms with Gasteiger partial charge < -0.3 is 4.74 Å². The Bertz CT molecular complexity index is 713. The second-order valence-corrected chi connectivity index (χ2v) is 5.03. The predicted octanol–water partition coefficient (Wildman–Crippen LogP) is 3.59. The van der Waals surface area contributed by atoms with E-state index in [0.29, 0.717) is 12.6 Å². The Labute approximate surface area is 118 Å². The summed E-state index contributed by atoms with van der Waals surface area (Å²) in [5, 5.41) is 5.40. The fourth-order valence-corrected chi connectivity index (χ4v) is 2.12. The number of para-hydroxylation sites is 1. The van der Waals surface area contributed by atoms with E-state index in [2.05, 4.69) is 30.0 Å². The molecule has 2 heterocycles. The van der Waals surface area contributed by atoms with Gasteiger partial charge >= 0.3 is 0 Å². The van der Waals surface area contributed by atoms with E-state index in [9.17, 15) is 0 Å². The van der Waals surface area contributed by atoms with Crippen LogP contribution in [0.5, 0.6) is 5.75 Å². The molecule has 0 radical (unpaired) electrons. The van der Waals surface area contributed by atoms with E-state index in [1.54, 1.807) is 6.20 Å². The van der Waals surface area contributed by atoms with Gasteiger partial charge in [0, 0.05) is 23.2 Å². The van der Waals surface area contributed by atoms with Gasteiger partial charge in [0.1, 0.15) is 6.61 Å². The summed E-state index contributed by atoms with van der Waals surface area (Å²) >= 11 is 0. The van der Waals surface area contributed by atoms with Crippen molar-refractivity contribution in [1.29, 1.82) is 0 Å². The molecule has 0 unspecified atom stereocenters. The summed E-state index contributed by atoms with van der Waals surface area (Å²) in [6, 6.07) is 10.4. The summed E-state index contributed by atoms with van der Waals surface area (Å²) in [4.78, 5) is 4.35. The molecule has 0 atom stereocenters. The highest BCUT2D eigenvalue weighted by Gasteiger charge is 2.05. The Morgan fingerprint density at radius 1 is 1.20 bits per heavy atom. The minimum Gasteiger partial charge on any atom is -0.486 e. The van der Waals surface area contributed by atoms with Crippen molar-refractivity contribution in [2.75, 3.05) is 0 Å². The number of aromatic nitrogens is 3. The van der Waals surface area contributed by atoms with E-state index >= 15 is 0 Å². The third-order valence-electron chi connectivity index (χ3n) is 3.24. The first kappa shape index (κ1) is 12.7. The van der Waals surface area contributed by atoms with Gasteiger partial charge in [0.05, 0.1) is 17.9 Å². The van der Waals surface area contributed by atoms with Crippen LogP contribution in [-0.2, 0) is 6.61 Å². The number of fused-ring (bicyclic) bond motifs is 1. The molecule has 20 heavy (non-hydrogen) atoms. The van der Waals surface area contributed by atoms with Crippen LogP contribution in [0.4, 0.5) is 0 Å². The van der Waals surface area contributed by atoms with E-state index < -0.39 is 0 Å². The molecule has 102 valence electrons. The van der Waals surface area contributed by atoms with Gasteiger partial charge in [-0.25, -0.2) is 0 Å². The zero-order valence-electron chi connectivity index (χ0n) is 11.7. The zero-order valence-corrected chi connectivity index (χ0v) is 11.7. The lowest BCUT2D eigenvalue weighted by Gasteiger charge is -2.07. The predicted molar refractivity (Wildman–Crippen MR) is 78.7 cm³/mol. The maximum Gasteiger partial charge on any atom is 0.157 e.